The Kier molecular flexibility index (Phi) is 5.15. The third-order valence-electron chi connectivity index (χ3n) is 3.54. The van der Waals surface area contributed by atoms with E-state index in [9.17, 15) is 14.9 Å². The molecule has 1 heterocycles. The van der Waals surface area contributed by atoms with Crippen LogP contribution in [0.3, 0.4) is 0 Å². The molecule has 0 atom stereocenters. The van der Waals surface area contributed by atoms with Crippen LogP contribution >= 0.6 is 0 Å². The molecule has 7 nitrogen and oxygen atoms in total. The standard InChI is InChI=1S/C13H20N4O3/c1-4-13(14,5-2)8-16-12(18)11-6-10(17(19)20)7-15-9(11)3/h6-7H,4-5,8,14H2,1-3H3,(H,16,18). The second-order valence-electron chi connectivity index (χ2n) is 4.84. The molecule has 1 amide bonds. The number of hydrogen-bond acceptors (Lipinski definition) is 5. The van der Waals surface area contributed by atoms with Crippen LogP contribution < -0.4 is 11.1 Å². The maximum atomic E-state index is 12.1. The molecule has 0 bridgehead atoms. The quantitative estimate of drug-likeness (QED) is 0.606. The molecule has 0 saturated carbocycles. The van der Waals surface area contributed by atoms with Crippen molar-refractivity contribution in [3.8, 4) is 0 Å². The fraction of sp³-hybridized carbons (Fsp3) is 0.538. The van der Waals surface area contributed by atoms with Gasteiger partial charge < -0.3 is 11.1 Å². The van der Waals surface area contributed by atoms with Crippen molar-refractivity contribution < 1.29 is 9.72 Å². The molecule has 0 aliphatic carbocycles. The van der Waals surface area contributed by atoms with Crippen molar-refractivity contribution in [1.82, 2.24) is 10.3 Å². The van der Waals surface area contributed by atoms with Gasteiger partial charge in [0, 0.05) is 18.2 Å². The Morgan fingerprint density at radius 3 is 2.60 bits per heavy atom. The monoisotopic (exact) mass is 280 g/mol. The molecule has 7 heteroatoms. The fourth-order valence-corrected chi connectivity index (χ4v) is 1.70. The van der Waals surface area contributed by atoms with E-state index >= 15 is 0 Å². The molecule has 0 aromatic carbocycles. The predicted octanol–water partition coefficient (Wildman–Crippen LogP) is 1.55. The number of aromatic nitrogens is 1. The Bertz CT molecular complexity index is 512. The highest BCUT2D eigenvalue weighted by atomic mass is 16.6. The average molecular weight is 280 g/mol. The summed E-state index contributed by atoms with van der Waals surface area (Å²) in [6, 6.07) is 1.23. The number of nitrogens with zero attached hydrogens (tertiary/aromatic N) is 2. The van der Waals surface area contributed by atoms with Gasteiger partial charge in [-0.1, -0.05) is 13.8 Å². The summed E-state index contributed by atoms with van der Waals surface area (Å²) < 4.78 is 0. The van der Waals surface area contributed by atoms with Crippen molar-refractivity contribution in [2.45, 2.75) is 39.2 Å². The molecule has 0 radical (unpaired) electrons. The molecule has 110 valence electrons. The van der Waals surface area contributed by atoms with E-state index in [0.717, 1.165) is 19.0 Å². The van der Waals surface area contributed by atoms with E-state index in [1.165, 1.54) is 6.07 Å². The van der Waals surface area contributed by atoms with Gasteiger partial charge in [0.25, 0.3) is 11.6 Å². The van der Waals surface area contributed by atoms with Gasteiger partial charge in [0.15, 0.2) is 0 Å². The molecule has 1 rings (SSSR count). The summed E-state index contributed by atoms with van der Waals surface area (Å²) in [4.78, 5) is 26.1. The van der Waals surface area contributed by atoms with E-state index in [1.807, 2.05) is 13.8 Å². The first-order valence-corrected chi connectivity index (χ1v) is 6.51. The molecule has 3 N–H and O–H groups in total. The van der Waals surface area contributed by atoms with Gasteiger partial charge in [0.05, 0.1) is 16.2 Å². The van der Waals surface area contributed by atoms with Gasteiger partial charge in [-0.25, -0.2) is 0 Å². The van der Waals surface area contributed by atoms with Gasteiger partial charge in [-0.2, -0.15) is 0 Å². The number of aryl methyl sites for hydroxylation is 1. The molecule has 1 aromatic heterocycles. The van der Waals surface area contributed by atoms with E-state index < -0.39 is 16.4 Å². The van der Waals surface area contributed by atoms with Crippen LogP contribution in [0.1, 0.15) is 42.7 Å². The van der Waals surface area contributed by atoms with E-state index in [2.05, 4.69) is 10.3 Å². The summed E-state index contributed by atoms with van der Waals surface area (Å²) in [6.45, 7) is 5.86. The molecule has 0 aliphatic heterocycles. The van der Waals surface area contributed by atoms with Gasteiger partial charge in [0.2, 0.25) is 0 Å². The van der Waals surface area contributed by atoms with Crippen LogP contribution in [0.4, 0.5) is 5.69 Å². The Hall–Kier alpha value is -2.02. The Morgan fingerprint density at radius 2 is 2.10 bits per heavy atom. The van der Waals surface area contributed by atoms with E-state index in [-0.39, 0.29) is 11.3 Å². The highest BCUT2D eigenvalue weighted by Crippen LogP contribution is 2.15. The number of carbonyl (C=O) groups excluding carboxylic acids is 1. The third kappa shape index (κ3) is 3.74. The molecule has 0 saturated heterocycles. The zero-order valence-electron chi connectivity index (χ0n) is 12.0. The number of nitrogens with one attached hydrogen (secondary N) is 1. The number of nitrogens with two attached hydrogens (primary N) is 1. The van der Waals surface area contributed by atoms with Crippen molar-refractivity contribution in [3.63, 3.8) is 0 Å². The van der Waals surface area contributed by atoms with E-state index in [0.29, 0.717) is 12.2 Å². The lowest BCUT2D eigenvalue weighted by Crippen LogP contribution is -2.49. The highest BCUT2D eigenvalue weighted by molar-refractivity contribution is 5.95. The largest absolute Gasteiger partial charge is 0.350 e. The van der Waals surface area contributed by atoms with Gasteiger partial charge in [-0.15, -0.1) is 0 Å². The maximum absolute atomic E-state index is 12.1. The number of hydrogen-bond donors (Lipinski definition) is 2. The zero-order valence-corrected chi connectivity index (χ0v) is 12.0. The van der Waals surface area contributed by atoms with Crippen molar-refractivity contribution in [2.75, 3.05) is 6.54 Å². The van der Waals surface area contributed by atoms with Gasteiger partial charge in [-0.3, -0.25) is 19.9 Å². The van der Waals surface area contributed by atoms with Crippen molar-refractivity contribution in [3.05, 3.63) is 33.6 Å². The van der Waals surface area contributed by atoms with Gasteiger partial charge in [0.1, 0.15) is 6.20 Å². The van der Waals surface area contributed by atoms with Crippen LogP contribution in [0.2, 0.25) is 0 Å². The highest BCUT2D eigenvalue weighted by Gasteiger charge is 2.22. The summed E-state index contributed by atoms with van der Waals surface area (Å²) in [5.74, 6) is -0.393. The normalized spacial score (nSPS) is 11.2. The number of nitro groups is 1. The number of pyridine rings is 1. The topological polar surface area (TPSA) is 111 Å². The lowest BCUT2D eigenvalue weighted by Gasteiger charge is -2.26. The van der Waals surface area contributed by atoms with Gasteiger partial charge in [-0.05, 0) is 19.8 Å². The molecule has 20 heavy (non-hydrogen) atoms. The van der Waals surface area contributed by atoms with Crippen LogP contribution in [-0.2, 0) is 0 Å². The Labute approximate surface area is 117 Å². The zero-order chi connectivity index (χ0) is 15.3. The van der Waals surface area contributed by atoms with Crippen LogP contribution in [0.5, 0.6) is 0 Å². The van der Waals surface area contributed by atoms with Crippen molar-refractivity contribution >= 4 is 11.6 Å². The lowest BCUT2D eigenvalue weighted by molar-refractivity contribution is -0.385. The molecular weight excluding hydrogens is 260 g/mol. The van der Waals surface area contributed by atoms with Crippen LogP contribution in [-0.4, -0.2) is 27.9 Å². The second kappa shape index (κ2) is 6.42. The number of amides is 1. The minimum atomic E-state index is -0.575. The second-order valence-corrected chi connectivity index (χ2v) is 4.84. The van der Waals surface area contributed by atoms with Crippen molar-refractivity contribution in [1.29, 1.82) is 0 Å². The fourth-order valence-electron chi connectivity index (χ4n) is 1.70. The maximum Gasteiger partial charge on any atom is 0.288 e. The Balaban J connectivity index is 2.87. The van der Waals surface area contributed by atoms with Crippen LogP contribution in [0.25, 0.3) is 0 Å². The first-order chi connectivity index (χ1) is 9.33. The summed E-state index contributed by atoms with van der Waals surface area (Å²) in [6.07, 6.45) is 2.60. The Morgan fingerprint density at radius 1 is 1.50 bits per heavy atom. The first kappa shape index (κ1) is 16.0. The van der Waals surface area contributed by atoms with Crippen LogP contribution in [0, 0.1) is 17.0 Å². The summed E-state index contributed by atoms with van der Waals surface area (Å²) in [7, 11) is 0. The van der Waals surface area contributed by atoms with E-state index in [4.69, 9.17) is 5.73 Å². The SMILES string of the molecule is CCC(N)(CC)CNC(=O)c1cc([N+](=O)[O-])cnc1C. The van der Waals surface area contributed by atoms with E-state index in [1.54, 1.807) is 6.92 Å². The molecule has 0 fully saturated rings. The minimum absolute atomic E-state index is 0.203. The molecule has 0 spiro atoms. The van der Waals surface area contributed by atoms with Gasteiger partial charge >= 0.3 is 0 Å². The lowest BCUT2D eigenvalue weighted by atomic mass is 9.94. The number of carbonyl (C=O) groups is 1. The molecule has 0 unspecified atom stereocenters. The summed E-state index contributed by atoms with van der Waals surface area (Å²) >= 11 is 0. The molecule has 1 aromatic rings. The predicted molar refractivity (Wildman–Crippen MR) is 75.5 cm³/mol. The smallest absolute Gasteiger partial charge is 0.288 e. The molecule has 0 aliphatic rings. The third-order valence-corrected chi connectivity index (χ3v) is 3.54. The van der Waals surface area contributed by atoms with Crippen LogP contribution in [0.15, 0.2) is 12.3 Å². The minimum Gasteiger partial charge on any atom is -0.350 e. The number of rotatable bonds is 6. The summed E-state index contributed by atoms with van der Waals surface area (Å²) in [5, 5.41) is 13.4. The van der Waals surface area contributed by atoms with Crippen molar-refractivity contribution in [2.24, 2.45) is 5.73 Å². The first-order valence-electron chi connectivity index (χ1n) is 6.51. The average Bonchev–Trinajstić information content (AvgIpc) is 2.44. The summed E-state index contributed by atoms with van der Waals surface area (Å²) in [5.41, 5.74) is 6.09. The molecular formula is C13H20N4O3.